The second-order valence-electron chi connectivity index (χ2n) is 4.00. The zero-order valence-corrected chi connectivity index (χ0v) is 10.7. The number of hydrogen-bond acceptors (Lipinski definition) is 1. The summed E-state index contributed by atoms with van der Waals surface area (Å²) in [6, 6.07) is 2.01. The van der Waals surface area contributed by atoms with E-state index < -0.39 is 0 Å². The second-order valence-corrected chi connectivity index (χ2v) is 6.62. The van der Waals surface area contributed by atoms with Gasteiger partial charge in [-0.25, -0.2) is 0 Å². The van der Waals surface area contributed by atoms with E-state index in [1.165, 1.54) is 24.1 Å². The molecule has 13 heavy (non-hydrogen) atoms. The van der Waals surface area contributed by atoms with Gasteiger partial charge in [-0.2, -0.15) is 0 Å². The molecule has 1 aliphatic carbocycles. The number of thiophene rings is 1. The van der Waals surface area contributed by atoms with Gasteiger partial charge in [-0.3, -0.25) is 0 Å². The first-order chi connectivity index (χ1) is 6.12. The molecule has 0 aliphatic heterocycles. The average molecular weight is 280 g/mol. The first-order valence-corrected chi connectivity index (χ1v) is 6.67. The van der Waals surface area contributed by atoms with Gasteiger partial charge in [0, 0.05) is 15.1 Å². The lowest BCUT2D eigenvalue weighted by Crippen LogP contribution is -2.16. The highest BCUT2D eigenvalue weighted by Gasteiger charge is 2.37. The fourth-order valence-corrected chi connectivity index (χ4v) is 4.53. The lowest BCUT2D eigenvalue weighted by Gasteiger charge is -2.22. The minimum Gasteiger partial charge on any atom is -0.147 e. The van der Waals surface area contributed by atoms with Gasteiger partial charge in [-0.1, -0.05) is 34.5 Å². The van der Waals surface area contributed by atoms with Crippen molar-refractivity contribution in [2.24, 2.45) is 0 Å². The predicted molar refractivity (Wildman–Crippen MR) is 63.2 cm³/mol. The normalized spacial score (nSPS) is 33.9. The van der Waals surface area contributed by atoms with Crippen molar-refractivity contribution in [3.63, 3.8) is 0 Å². The minimum absolute atomic E-state index is 0.319. The van der Waals surface area contributed by atoms with E-state index >= 15 is 0 Å². The van der Waals surface area contributed by atoms with Crippen LogP contribution in [0.1, 0.15) is 31.1 Å². The van der Waals surface area contributed by atoms with Crippen molar-refractivity contribution in [2.45, 2.75) is 36.4 Å². The van der Waals surface area contributed by atoms with E-state index in [-0.39, 0.29) is 0 Å². The zero-order valence-electron chi connectivity index (χ0n) is 7.52. The topological polar surface area (TPSA) is 0 Å². The van der Waals surface area contributed by atoms with Gasteiger partial charge in [0.05, 0.1) is 5.02 Å². The van der Waals surface area contributed by atoms with Crippen LogP contribution in [-0.2, 0) is 5.41 Å². The summed E-state index contributed by atoms with van der Waals surface area (Å²) in [5, 5.41) is 3.04. The number of alkyl halides is 1. The van der Waals surface area contributed by atoms with Crippen LogP contribution >= 0.6 is 38.9 Å². The Morgan fingerprint density at radius 3 is 2.92 bits per heavy atom. The van der Waals surface area contributed by atoms with Crippen LogP contribution in [0, 0.1) is 0 Å². The maximum atomic E-state index is 6.15. The first-order valence-electron chi connectivity index (χ1n) is 4.49. The highest BCUT2D eigenvalue weighted by atomic mass is 79.9. The molecule has 1 aromatic rings. The van der Waals surface area contributed by atoms with Gasteiger partial charge in [-0.15, -0.1) is 11.3 Å². The summed E-state index contributed by atoms with van der Waals surface area (Å²) in [5.74, 6) is 0. The summed E-state index contributed by atoms with van der Waals surface area (Å²) in [5.41, 5.74) is 0.319. The molecule has 0 amide bonds. The Labute approximate surface area is 96.4 Å². The summed E-state index contributed by atoms with van der Waals surface area (Å²) < 4.78 is 0. The van der Waals surface area contributed by atoms with E-state index in [1.807, 2.05) is 6.07 Å². The molecule has 0 radical (unpaired) electrons. The van der Waals surface area contributed by atoms with Crippen LogP contribution < -0.4 is 0 Å². The maximum Gasteiger partial charge on any atom is 0.0550 e. The van der Waals surface area contributed by atoms with Crippen molar-refractivity contribution in [2.75, 3.05) is 0 Å². The van der Waals surface area contributed by atoms with Gasteiger partial charge in [0.15, 0.2) is 0 Å². The molecule has 2 rings (SSSR count). The van der Waals surface area contributed by atoms with Crippen LogP contribution in [-0.4, -0.2) is 4.83 Å². The molecule has 1 fully saturated rings. The quantitative estimate of drug-likeness (QED) is 0.659. The first kappa shape index (κ1) is 10.0. The third-order valence-corrected chi connectivity index (χ3v) is 5.28. The summed E-state index contributed by atoms with van der Waals surface area (Å²) in [4.78, 5) is 2.05. The lowest BCUT2D eigenvalue weighted by atomic mass is 9.87. The molecular formula is C10H12BrClS. The third-order valence-electron chi connectivity index (χ3n) is 2.85. The van der Waals surface area contributed by atoms with Gasteiger partial charge in [0.2, 0.25) is 0 Å². The Bertz CT molecular complexity index is 310. The molecule has 0 bridgehead atoms. The molecule has 0 nitrogen and oxygen atoms in total. The largest absolute Gasteiger partial charge is 0.147 e. The molecule has 0 N–H and O–H groups in total. The van der Waals surface area contributed by atoms with Crippen molar-refractivity contribution in [3.8, 4) is 0 Å². The van der Waals surface area contributed by atoms with Crippen molar-refractivity contribution in [3.05, 3.63) is 21.3 Å². The lowest BCUT2D eigenvalue weighted by molar-refractivity contribution is 0.504. The van der Waals surface area contributed by atoms with Gasteiger partial charge in [0.25, 0.3) is 0 Å². The molecule has 2 atom stereocenters. The van der Waals surface area contributed by atoms with Crippen LogP contribution in [0.4, 0.5) is 0 Å². The Morgan fingerprint density at radius 1 is 1.69 bits per heavy atom. The van der Waals surface area contributed by atoms with Crippen LogP contribution in [0.3, 0.4) is 0 Å². The summed E-state index contributed by atoms with van der Waals surface area (Å²) in [6.07, 6.45) is 3.74. The highest BCUT2D eigenvalue weighted by Crippen LogP contribution is 2.47. The Kier molecular flexibility index (Phi) is 2.74. The minimum atomic E-state index is 0.319. The van der Waals surface area contributed by atoms with Gasteiger partial charge in [0.1, 0.15) is 0 Å². The van der Waals surface area contributed by atoms with Crippen molar-refractivity contribution < 1.29 is 0 Å². The third kappa shape index (κ3) is 1.81. The van der Waals surface area contributed by atoms with Crippen LogP contribution in [0.15, 0.2) is 11.4 Å². The molecule has 1 saturated carbocycles. The van der Waals surface area contributed by atoms with Gasteiger partial charge < -0.3 is 0 Å². The fraction of sp³-hybridized carbons (Fsp3) is 0.600. The molecule has 2 unspecified atom stereocenters. The molecule has 0 aromatic carbocycles. The molecule has 3 heteroatoms. The number of hydrogen-bond donors (Lipinski definition) is 0. The van der Waals surface area contributed by atoms with Crippen LogP contribution in [0.2, 0.25) is 5.02 Å². The summed E-state index contributed by atoms with van der Waals surface area (Å²) in [6.45, 7) is 2.33. The van der Waals surface area contributed by atoms with Gasteiger partial charge in [-0.05, 0) is 30.7 Å². The fourth-order valence-electron chi connectivity index (χ4n) is 2.10. The van der Waals surface area contributed by atoms with Crippen molar-refractivity contribution in [1.82, 2.24) is 0 Å². The molecule has 72 valence electrons. The predicted octanol–water partition coefficient (Wildman–Crippen LogP) is 4.61. The smallest absolute Gasteiger partial charge is 0.0550 e. The Morgan fingerprint density at radius 2 is 2.46 bits per heavy atom. The molecular weight excluding hydrogens is 268 g/mol. The Hall–Kier alpha value is 0.470. The van der Waals surface area contributed by atoms with Crippen molar-refractivity contribution in [1.29, 1.82) is 0 Å². The Balaban J connectivity index is 2.30. The van der Waals surface area contributed by atoms with E-state index in [2.05, 4.69) is 28.2 Å². The molecule has 0 spiro atoms. The second kappa shape index (κ2) is 3.56. The molecule has 1 aromatic heterocycles. The molecule has 1 heterocycles. The van der Waals surface area contributed by atoms with E-state index in [0.29, 0.717) is 10.2 Å². The highest BCUT2D eigenvalue weighted by molar-refractivity contribution is 9.09. The van der Waals surface area contributed by atoms with E-state index in [1.54, 1.807) is 11.3 Å². The van der Waals surface area contributed by atoms with E-state index in [4.69, 9.17) is 11.6 Å². The summed E-state index contributed by atoms with van der Waals surface area (Å²) >= 11 is 11.6. The number of rotatable bonds is 1. The average Bonchev–Trinajstić information content (AvgIpc) is 2.59. The maximum absolute atomic E-state index is 6.15. The summed E-state index contributed by atoms with van der Waals surface area (Å²) in [7, 11) is 0. The van der Waals surface area contributed by atoms with E-state index in [0.717, 1.165) is 5.02 Å². The van der Waals surface area contributed by atoms with Crippen LogP contribution in [0.5, 0.6) is 0 Å². The SMILES string of the molecule is CC1(c2sccc2Cl)CCC(Br)C1. The van der Waals surface area contributed by atoms with Crippen LogP contribution in [0.25, 0.3) is 0 Å². The van der Waals surface area contributed by atoms with E-state index in [9.17, 15) is 0 Å². The molecule has 1 aliphatic rings. The van der Waals surface area contributed by atoms with Crippen molar-refractivity contribution >= 4 is 38.9 Å². The standard InChI is InChI=1S/C10H12BrClS/c1-10(4-2-7(11)6-10)9-8(12)3-5-13-9/h3,5,7H,2,4,6H2,1H3. The number of halogens is 2. The van der Waals surface area contributed by atoms with Gasteiger partial charge >= 0.3 is 0 Å². The monoisotopic (exact) mass is 278 g/mol. The molecule has 0 saturated heterocycles. The zero-order chi connectivity index (χ0) is 9.47.